The molecule has 1 fully saturated rings. The van der Waals surface area contributed by atoms with Gasteiger partial charge in [-0.2, -0.15) is 0 Å². The van der Waals surface area contributed by atoms with Crippen molar-refractivity contribution in [2.75, 3.05) is 5.75 Å². The fraction of sp³-hybridized carbons (Fsp3) is 0.207. The smallest absolute Gasteiger partial charge is 0.255 e. The van der Waals surface area contributed by atoms with Crippen molar-refractivity contribution in [1.82, 2.24) is 14.2 Å². The molecule has 2 aromatic heterocycles. The average molecular weight is 578 g/mol. The molecule has 5 aromatic rings. The minimum absolute atomic E-state index is 0.0151. The Balaban J connectivity index is 1.40. The van der Waals surface area contributed by atoms with Gasteiger partial charge in [-0.25, -0.2) is 13.4 Å². The zero-order chi connectivity index (χ0) is 28.0. The first-order valence-electron chi connectivity index (χ1n) is 12.7. The minimum Gasteiger partial charge on any atom is -0.507 e. The number of hydrogen-bond donors (Lipinski definition) is 2. The van der Waals surface area contributed by atoms with Crippen molar-refractivity contribution in [3.05, 3.63) is 93.9 Å². The SMILES string of the molecule is O=c1cc(-c2ccccc2Cl)oc2c(C3CCCC3CS(=O)(=O)n3cnc(-c4ccccc4)n3)c(O)cc(O)c12. The Morgan fingerprint density at radius 3 is 2.52 bits per heavy atom. The molecule has 1 aliphatic rings. The van der Waals surface area contributed by atoms with E-state index in [2.05, 4.69) is 10.1 Å². The largest absolute Gasteiger partial charge is 0.507 e. The maximum atomic E-state index is 13.4. The molecule has 204 valence electrons. The van der Waals surface area contributed by atoms with E-state index in [1.54, 1.807) is 36.4 Å². The van der Waals surface area contributed by atoms with Gasteiger partial charge in [0, 0.05) is 28.8 Å². The predicted molar refractivity (Wildman–Crippen MR) is 151 cm³/mol. The molecule has 3 aromatic carbocycles. The van der Waals surface area contributed by atoms with Crippen molar-refractivity contribution in [1.29, 1.82) is 0 Å². The predicted octanol–water partition coefficient (Wildman–Crippen LogP) is 5.54. The quantitative estimate of drug-likeness (QED) is 0.268. The minimum atomic E-state index is -3.91. The Kier molecular flexibility index (Phi) is 6.59. The fourth-order valence-corrected chi connectivity index (χ4v) is 7.25. The molecule has 9 nitrogen and oxygen atoms in total. The molecular weight excluding hydrogens is 554 g/mol. The molecule has 1 aliphatic carbocycles. The molecule has 0 bridgehead atoms. The summed E-state index contributed by atoms with van der Waals surface area (Å²) in [6, 6.07) is 18.3. The zero-order valence-electron chi connectivity index (χ0n) is 21.1. The summed E-state index contributed by atoms with van der Waals surface area (Å²) in [6.45, 7) is 0. The number of hydrogen-bond acceptors (Lipinski definition) is 8. The van der Waals surface area contributed by atoms with Crippen molar-refractivity contribution < 1.29 is 23.0 Å². The number of phenols is 2. The van der Waals surface area contributed by atoms with Gasteiger partial charge in [0.05, 0.1) is 10.8 Å². The van der Waals surface area contributed by atoms with E-state index in [-0.39, 0.29) is 28.2 Å². The summed E-state index contributed by atoms with van der Waals surface area (Å²) >= 11 is 6.35. The van der Waals surface area contributed by atoms with Crippen LogP contribution in [-0.2, 0) is 10.0 Å². The Labute approximate surface area is 234 Å². The molecule has 1 saturated carbocycles. The highest BCUT2D eigenvalue weighted by Gasteiger charge is 2.37. The van der Waals surface area contributed by atoms with Crippen molar-refractivity contribution >= 4 is 32.6 Å². The van der Waals surface area contributed by atoms with E-state index >= 15 is 0 Å². The Bertz CT molecular complexity index is 1900. The highest BCUT2D eigenvalue weighted by atomic mass is 35.5. The molecule has 0 spiro atoms. The molecule has 6 rings (SSSR count). The third-order valence-corrected chi connectivity index (χ3v) is 9.31. The third-order valence-electron chi connectivity index (χ3n) is 7.38. The number of halogens is 1. The summed E-state index contributed by atoms with van der Waals surface area (Å²) in [5.41, 5.74) is 0.970. The number of fused-ring (bicyclic) bond motifs is 1. The summed E-state index contributed by atoms with van der Waals surface area (Å²) in [5, 5.41) is 26.0. The Morgan fingerprint density at radius 1 is 1.00 bits per heavy atom. The summed E-state index contributed by atoms with van der Waals surface area (Å²) in [7, 11) is -3.91. The normalized spacial score (nSPS) is 17.4. The summed E-state index contributed by atoms with van der Waals surface area (Å²) in [5.74, 6) is -1.36. The summed E-state index contributed by atoms with van der Waals surface area (Å²) in [6.07, 6.45) is 3.01. The lowest BCUT2D eigenvalue weighted by atomic mass is 9.87. The lowest BCUT2D eigenvalue weighted by Crippen LogP contribution is -2.25. The maximum absolute atomic E-state index is 13.4. The van der Waals surface area contributed by atoms with E-state index in [0.29, 0.717) is 46.8 Å². The summed E-state index contributed by atoms with van der Waals surface area (Å²) < 4.78 is 33.9. The van der Waals surface area contributed by atoms with Gasteiger partial charge in [-0.3, -0.25) is 4.79 Å². The van der Waals surface area contributed by atoms with Crippen LogP contribution in [-0.4, -0.2) is 38.6 Å². The van der Waals surface area contributed by atoms with Crippen LogP contribution in [0, 0.1) is 5.92 Å². The van der Waals surface area contributed by atoms with Crippen LogP contribution in [0.3, 0.4) is 0 Å². The molecule has 2 N–H and O–H groups in total. The third kappa shape index (κ3) is 4.63. The van der Waals surface area contributed by atoms with E-state index in [0.717, 1.165) is 10.2 Å². The molecule has 2 unspecified atom stereocenters. The van der Waals surface area contributed by atoms with E-state index in [9.17, 15) is 23.4 Å². The van der Waals surface area contributed by atoms with E-state index in [1.807, 2.05) is 18.2 Å². The van der Waals surface area contributed by atoms with Crippen LogP contribution in [0.2, 0.25) is 5.02 Å². The van der Waals surface area contributed by atoms with Gasteiger partial charge in [0.15, 0.2) is 11.3 Å². The lowest BCUT2D eigenvalue weighted by molar-refractivity contribution is 0.430. The van der Waals surface area contributed by atoms with Crippen LogP contribution in [0.25, 0.3) is 33.7 Å². The molecular formula is C29H24ClN3O6S. The van der Waals surface area contributed by atoms with Crippen LogP contribution in [0.4, 0.5) is 0 Å². The van der Waals surface area contributed by atoms with Crippen LogP contribution < -0.4 is 5.43 Å². The monoisotopic (exact) mass is 577 g/mol. The first kappa shape index (κ1) is 26.1. The second-order valence-corrected chi connectivity index (χ2v) is 12.1. The van der Waals surface area contributed by atoms with Crippen LogP contribution in [0.15, 0.2) is 82.3 Å². The van der Waals surface area contributed by atoms with Crippen molar-refractivity contribution in [2.24, 2.45) is 5.92 Å². The molecule has 11 heteroatoms. The second-order valence-electron chi connectivity index (χ2n) is 9.87. The van der Waals surface area contributed by atoms with Gasteiger partial charge >= 0.3 is 0 Å². The highest BCUT2D eigenvalue weighted by molar-refractivity contribution is 7.89. The standard InChI is InChI=1S/C29H24ClN3O6S/c30-21-12-5-4-10-20(21)25-14-24(36)27-23(35)13-22(34)26(28(27)39-25)19-11-6-9-18(19)15-40(37,38)33-16-31-29(32-33)17-7-2-1-3-8-17/h1-5,7-8,10,12-14,16,18-19,34-35H,6,9,11,15H2. The number of nitrogens with zero attached hydrogens (tertiary/aromatic N) is 3. The Morgan fingerprint density at radius 2 is 1.75 bits per heavy atom. The number of benzene rings is 3. The number of aromatic hydroxyl groups is 2. The summed E-state index contributed by atoms with van der Waals surface area (Å²) in [4.78, 5) is 17.3. The van der Waals surface area contributed by atoms with Gasteiger partial charge < -0.3 is 14.6 Å². The van der Waals surface area contributed by atoms with E-state index < -0.39 is 33.0 Å². The molecule has 2 heterocycles. The number of aromatic nitrogens is 3. The molecule has 0 saturated heterocycles. The van der Waals surface area contributed by atoms with Crippen molar-refractivity contribution in [2.45, 2.75) is 25.2 Å². The fourth-order valence-electron chi connectivity index (χ4n) is 5.54. The first-order chi connectivity index (χ1) is 19.2. The van der Waals surface area contributed by atoms with Crippen LogP contribution >= 0.6 is 11.6 Å². The Hall–Kier alpha value is -4.15. The van der Waals surface area contributed by atoms with Gasteiger partial charge in [-0.15, -0.1) is 9.19 Å². The highest BCUT2D eigenvalue weighted by Crippen LogP contribution is 2.48. The second kappa shape index (κ2) is 10.1. The lowest BCUT2D eigenvalue weighted by Gasteiger charge is -2.22. The average Bonchev–Trinajstić information content (AvgIpc) is 3.60. The maximum Gasteiger partial charge on any atom is 0.255 e. The van der Waals surface area contributed by atoms with E-state index in [1.165, 1.54) is 12.4 Å². The zero-order valence-corrected chi connectivity index (χ0v) is 22.6. The van der Waals surface area contributed by atoms with Gasteiger partial charge in [0.1, 0.15) is 34.6 Å². The van der Waals surface area contributed by atoms with E-state index in [4.69, 9.17) is 16.0 Å². The molecule has 40 heavy (non-hydrogen) atoms. The van der Waals surface area contributed by atoms with Crippen LogP contribution in [0.1, 0.15) is 30.7 Å². The molecule has 0 radical (unpaired) electrons. The number of phenolic OH excluding ortho intramolecular Hbond substituents is 2. The topological polar surface area (TPSA) is 136 Å². The van der Waals surface area contributed by atoms with Crippen LogP contribution in [0.5, 0.6) is 11.5 Å². The van der Waals surface area contributed by atoms with Crippen molar-refractivity contribution in [3.63, 3.8) is 0 Å². The van der Waals surface area contributed by atoms with Gasteiger partial charge in [0.2, 0.25) is 0 Å². The first-order valence-corrected chi connectivity index (χ1v) is 14.7. The molecule has 2 atom stereocenters. The van der Waals surface area contributed by atoms with Gasteiger partial charge in [-0.1, -0.05) is 60.5 Å². The van der Waals surface area contributed by atoms with Crippen molar-refractivity contribution in [3.8, 4) is 34.2 Å². The molecule has 0 amide bonds. The van der Waals surface area contributed by atoms with Gasteiger partial charge in [0.25, 0.3) is 10.0 Å². The molecule has 0 aliphatic heterocycles. The van der Waals surface area contributed by atoms with Gasteiger partial charge in [-0.05, 0) is 36.8 Å². The number of rotatable bonds is 6.